The predicted molar refractivity (Wildman–Crippen MR) is 95.1 cm³/mol. The monoisotopic (exact) mass is 387 g/mol. The van der Waals surface area contributed by atoms with Crippen molar-refractivity contribution in [3.63, 3.8) is 0 Å². The van der Waals surface area contributed by atoms with Gasteiger partial charge >= 0.3 is 0 Å². The number of halogens is 2. The third-order valence-electron chi connectivity index (χ3n) is 2.58. The molecule has 21 heavy (non-hydrogen) atoms. The first-order chi connectivity index (χ1) is 9.58. The van der Waals surface area contributed by atoms with E-state index in [9.17, 15) is 4.79 Å². The zero-order valence-electron chi connectivity index (χ0n) is 11.5. The molecule has 0 saturated carbocycles. The minimum atomic E-state index is -0.194. The maximum atomic E-state index is 11.7. The number of benzene rings is 1. The van der Waals surface area contributed by atoms with Crippen LogP contribution in [0.2, 0.25) is 0 Å². The van der Waals surface area contributed by atoms with Crippen molar-refractivity contribution in [2.24, 2.45) is 5.10 Å². The molecule has 0 spiro atoms. The van der Waals surface area contributed by atoms with Gasteiger partial charge in [0.1, 0.15) is 0 Å². The first-order valence-electron chi connectivity index (χ1n) is 5.91. The van der Waals surface area contributed by atoms with Crippen LogP contribution in [0.15, 0.2) is 45.3 Å². The Balaban J connectivity index is 0.00000220. The van der Waals surface area contributed by atoms with Crippen LogP contribution in [0.3, 0.4) is 0 Å². The third-order valence-corrected chi connectivity index (χ3v) is 4.08. The fourth-order valence-corrected chi connectivity index (χ4v) is 2.96. The summed E-state index contributed by atoms with van der Waals surface area (Å²) in [5, 5.41) is 5.82. The summed E-state index contributed by atoms with van der Waals surface area (Å²) in [5.74, 6) is -0.194. The van der Waals surface area contributed by atoms with Gasteiger partial charge in [-0.15, -0.1) is 23.7 Å². The van der Waals surface area contributed by atoms with Gasteiger partial charge in [-0.1, -0.05) is 12.1 Å². The average Bonchev–Trinajstić information content (AvgIpc) is 2.92. The third kappa shape index (κ3) is 4.84. The summed E-state index contributed by atoms with van der Waals surface area (Å²) in [7, 11) is 3.96. The van der Waals surface area contributed by atoms with E-state index in [-0.39, 0.29) is 18.3 Å². The summed E-state index contributed by atoms with van der Waals surface area (Å²) >= 11 is 4.90. The molecule has 1 heterocycles. The molecule has 112 valence electrons. The molecule has 1 aromatic carbocycles. The molecule has 0 aliphatic heterocycles. The van der Waals surface area contributed by atoms with Crippen LogP contribution in [0.1, 0.15) is 15.2 Å². The molecule has 0 saturated heterocycles. The molecular formula is C14H15BrClN3OS. The van der Waals surface area contributed by atoms with E-state index in [2.05, 4.69) is 26.5 Å². The Labute approximate surface area is 142 Å². The molecule has 7 heteroatoms. The largest absolute Gasteiger partial charge is 0.377 e. The van der Waals surface area contributed by atoms with Crippen LogP contribution in [-0.2, 0) is 0 Å². The van der Waals surface area contributed by atoms with Crippen molar-refractivity contribution in [1.29, 1.82) is 0 Å². The number of nitrogens with one attached hydrogen (secondary N) is 1. The highest BCUT2D eigenvalue weighted by Gasteiger charge is 2.04. The molecular weight excluding hydrogens is 374 g/mol. The van der Waals surface area contributed by atoms with Crippen molar-refractivity contribution >= 4 is 57.5 Å². The Morgan fingerprint density at radius 1 is 1.38 bits per heavy atom. The number of hydrazone groups is 1. The van der Waals surface area contributed by atoms with Crippen molar-refractivity contribution in [1.82, 2.24) is 5.43 Å². The van der Waals surface area contributed by atoms with Crippen LogP contribution in [0, 0.1) is 0 Å². The zero-order chi connectivity index (χ0) is 14.5. The number of carbonyl (C=O) groups excluding carboxylic acids is 1. The van der Waals surface area contributed by atoms with E-state index in [4.69, 9.17) is 0 Å². The quantitative estimate of drug-likeness (QED) is 0.640. The fraction of sp³-hybridized carbons (Fsp3) is 0.143. The standard InChI is InChI=1S/C14H14BrN3OS.ClH/c1-18(2)12-6-5-10(8-11(12)15)9-16-17-14(19)13-4-3-7-20-13;/h3-9H,1-2H3,(H,17,19);1H/b16-9+;. The van der Waals surface area contributed by atoms with Crippen LogP contribution >= 0.6 is 39.7 Å². The highest BCUT2D eigenvalue weighted by molar-refractivity contribution is 9.10. The first kappa shape index (κ1) is 17.7. The van der Waals surface area contributed by atoms with Gasteiger partial charge in [-0.25, -0.2) is 5.43 Å². The Morgan fingerprint density at radius 3 is 2.71 bits per heavy atom. The number of amides is 1. The molecule has 0 fully saturated rings. The fourth-order valence-electron chi connectivity index (χ4n) is 1.59. The van der Waals surface area contributed by atoms with E-state index >= 15 is 0 Å². The lowest BCUT2D eigenvalue weighted by atomic mass is 10.2. The second-order valence-electron chi connectivity index (χ2n) is 4.28. The van der Waals surface area contributed by atoms with E-state index < -0.39 is 0 Å². The van der Waals surface area contributed by atoms with Crippen molar-refractivity contribution in [3.05, 3.63) is 50.6 Å². The second-order valence-corrected chi connectivity index (χ2v) is 6.08. The molecule has 1 aromatic heterocycles. The van der Waals surface area contributed by atoms with Crippen molar-refractivity contribution in [2.45, 2.75) is 0 Å². The Bertz CT molecular complexity index is 629. The second kappa shape index (κ2) is 8.17. The maximum absolute atomic E-state index is 11.7. The number of hydrogen-bond acceptors (Lipinski definition) is 4. The van der Waals surface area contributed by atoms with Crippen molar-refractivity contribution in [2.75, 3.05) is 19.0 Å². The first-order valence-corrected chi connectivity index (χ1v) is 7.59. The lowest BCUT2D eigenvalue weighted by molar-refractivity contribution is 0.0959. The molecule has 2 rings (SSSR count). The van der Waals surface area contributed by atoms with Gasteiger partial charge < -0.3 is 4.90 Å². The van der Waals surface area contributed by atoms with E-state index in [0.29, 0.717) is 4.88 Å². The summed E-state index contributed by atoms with van der Waals surface area (Å²) in [4.78, 5) is 14.3. The zero-order valence-corrected chi connectivity index (χ0v) is 14.8. The summed E-state index contributed by atoms with van der Waals surface area (Å²) in [6.45, 7) is 0. The molecule has 0 aliphatic rings. The maximum Gasteiger partial charge on any atom is 0.281 e. The minimum Gasteiger partial charge on any atom is -0.377 e. The predicted octanol–water partition coefficient (Wildman–Crippen LogP) is 3.76. The van der Waals surface area contributed by atoms with E-state index in [1.54, 1.807) is 12.3 Å². The molecule has 1 N–H and O–H groups in total. The van der Waals surface area contributed by atoms with Crippen LogP contribution in [0.4, 0.5) is 5.69 Å². The summed E-state index contributed by atoms with van der Waals surface area (Å²) in [6, 6.07) is 9.49. The topological polar surface area (TPSA) is 44.7 Å². The molecule has 0 unspecified atom stereocenters. The molecule has 0 aliphatic carbocycles. The number of carbonyl (C=O) groups is 1. The van der Waals surface area contributed by atoms with Gasteiger partial charge in [-0.05, 0) is 45.1 Å². The minimum absolute atomic E-state index is 0. The average molecular weight is 389 g/mol. The highest BCUT2D eigenvalue weighted by Crippen LogP contribution is 2.25. The number of thiophene rings is 1. The van der Waals surface area contributed by atoms with Gasteiger partial charge in [-0.2, -0.15) is 5.10 Å². The number of hydrogen-bond donors (Lipinski definition) is 1. The van der Waals surface area contributed by atoms with Crippen LogP contribution < -0.4 is 10.3 Å². The van der Waals surface area contributed by atoms with Crippen LogP contribution in [0.25, 0.3) is 0 Å². The summed E-state index contributed by atoms with van der Waals surface area (Å²) < 4.78 is 0.982. The van der Waals surface area contributed by atoms with Crippen molar-refractivity contribution in [3.8, 4) is 0 Å². The number of nitrogens with zero attached hydrogens (tertiary/aromatic N) is 2. The van der Waals surface area contributed by atoms with Crippen molar-refractivity contribution < 1.29 is 4.79 Å². The Morgan fingerprint density at radius 2 is 2.14 bits per heavy atom. The number of anilines is 1. The highest BCUT2D eigenvalue weighted by atomic mass is 79.9. The van der Waals surface area contributed by atoms with Crippen LogP contribution in [0.5, 0.6) is 0 Å². The van der Waals surface area contributed by atoms with Gasteiger partial charge in [0.25, 0.3) is 5.91 Å². The summed E-state index contributed by atoms with van der Waals surface area (Å²) in [6.07, 6.45) is 1.62. The van der Waals surface area contributed by atoms with Gasteiger partial charge in [0.2, 0.25) is 0 Å². The lowest BCUT2D eigenvalue weighted by Gasteiger charge is -2.14. The Hall–Kier alpha value is -1.37. The van der Waals surface area contributed by atoms with Gasteiger partial charge in [0.15, 0.2) is 0 Å². The number of rotatable bonds is 4. The molecule has 1 amide bonds. The van der Waals surface area contributed by atoms with Gasteiger partial charge in [0, 0.05) is 18.6 Å². The molecule has 0 radical (unpaired) electrons. The molecule has 0 atom stereocenters. The molecule has 4 nitrogen and oxygen atoms in total. The smallest absolute Gasteiger partial charge is 0.281 e. The normalized spacial score (nSPS) is 10.2. The summed E-state index contributed by atoms with van der Waals surface area (Å²) in [5.41, 5.74) is 4.50. The lowest BCUT2D eigenvalue weighted by Crippen LogP contribution is -2.16. The van der Waals surface area contributed by atoms with Gasteiger partial charge in [0.05, 0.1) is 16.8 Å². The van der Waals surface area contributed by atoms with Crippen LogP contribution in [-0.4, -0.2) is 26.2 Å². The molecule has 0 bridgehead atoms. The molecule has 2 aromatic rings. The van der Waals surface area contributed by atoms with E-state index in [0.717, 1.165) is 15.7 Å². The van der Waals surface area contributed by atoms with E-state index in [1.165, 1.54) is 11.3 Å². The Kier molecular flexibility index (Phi) is 6.87. The van der Waals surface area contributed by atoms with Gasteiger partial charge in [-0.3, -0.25) is 4.79 Å². The SMILES string of the molecule is CN(C)c1ccc(/C=N/NC(=O)c2cccs2)cc1Br.Cl. The van der Waals surface area contributed by atoms with E-state index in [1.807, 2.05) is 48.6 Å².